The molecule has 4 heteroatoms. The molecule has 0 aromatic heterocycles. The van der Waals surface area contributed by atoms with Gasteiger partial charge >= 0.3 is 5.97 Å². The first-order valence-corrected chi connectivity index (χ1v) is 7.36. The number of carboxylic acid groups (broad SMARTS) is 1. The summed E-state index contributed by atoms with van der Waals surface area (Å²) in [6, 6.07) is 16.4. The lowest BCUT2D eigenvalue weighted by atomic mass is 9.98. The van der Waals surface area contributed by atoms with E-state index in [0.29, 0.717) is 6.61 Å². The summed E-state index contributed by atoms with van der Waals surface area (Å²) in [5, 5.41) is 18.4. The third-order valence-corrected chi connectivity index (χ3v) is 4.02. The summed E-state index contributed by atoms with van der Waals surface area (Å²) in [5.74, 6) is -0.855. The highest BCUT2D eigenvalue weighted by atomic mass is 16.6. The van der Waals surface area contributed by atoms with Gasteiger partial charge in [-0.1, -0.05) is 48.5 Å². The average molecular weight is 298 g/mol. The van der Waals surface area contributed by atoms with E-state index in [4.69, 9.17) is 9.84 Å². The van der Waals surface area contributed by atoms with Crippen LogP contribution in [0.2, 0.25) is 0 Å². The first kappa shape index (κ1) is 14.8. The zero-order chi connectivity index (χ0) is 15.5. The lowest BCUT2D eigenvalue weighted by Crippen LogP contribution is -2.18. The highest BCUT2D eigenvalue weighted by Gasteiger charge is 2.28. The van der Waals surface area contributed by atoms with Gasteiger partial charge in [0.15, 0.2) is 6.29 Å². The molecule has 0 spiro atoms. The molecule has 4 nitrogen and oxygen atoms in total. The van der Waals surface area contributed by atoms with Gasteiger partial charge in [-0.25, -0.2) is 0 Å². The van der Waals surface area contributed by atoms with E-state index < -0.39 is 12.3 Å². The molecule has 22 heavy (non-hydrogen) atoms. The van der Waals surface area contributed by atoms with Crippen molar-refractivity contribution in [2.75, 3.05) is 6.61 Å². The Balaban J connectivity index is 1.75. The largest absolute Gasteiger partial charge is 0.481 e. The molecule has 0 radical (unpaired) electrons. The molecule has 2 aromatic carbocycles. The number of fused-ring (bicyclic) bond motifs is 3. The van der Waals surface area contributed by atoms with Crippen LogP contribution in [0.15, 0.2) is 48.5 Å². The van der Waals surface area contributed by atoms with Gasteiger partial charge in [-0.3, -0.25) is 4.79 Å². The van der Waals surface area contributed by atoms with Crippen molar-refractivity contribution < 1.29 is 19.7 Å². The molecule has 2 N–H and O–H groups in total. The van der Waals surface area contributed by atoms with Gasteiger partial charge < -0.3 is 14.9 Å². The quantitative estimate of drug-likeness (QED) is 0.805. The van der Waals surface area contributed by atoms with Gasteiger partial charge in [0.2, 0.25) is 0 Å². The van der Waals surface area contributed by atoms with Crippen LogP contribution in [0, 0.1) is 0 Å². The summed E-state index contributed by atoms with van der Waals surface area (Å²) in [7, 11) is 0. The molecule has 0 bridgehead atoms. The van der Waals surface area contributed by atoms with Crippen LogP contribution in [-0.4, -0.2) is 29.1 Å². The fraction of sp³-hybridized carbons (Fsp3) is 0.278. The van der Waals surface area contributed by atoms with Gasteiger partial charge in [-0.15, -0.1) is 0 Å². The molecule has 0 aliphatic heterocycles. The number of benzene rings is 2. The van der Waals surface area contributed by atoms with Crippen molar-refractivity contribution in [3.63, 3.8) is 0 Å². The Morgan fingerprint density at radius 1 is 1.05 bits per heavy atom. The standard InChI is InChI=1S/C18H18O4/c19-17(20)9-10-18(21)22-11-16-14-7-3-1-5-12(14)13-6-2-4-8-15(13)16/h1-8,16,18,21H,9-11H2,(H,19,20). The summed E-state index contributed by atoms with van der Waals surface area (Å²) < 4.78 is 5.48. The number of ether oxygens (including phenoxy) is 1. The molecule has 1 unspecified atom stereocenters. The molecular weight excluding hydrogens is 280 g/mol. The first-order valence-electron chi connectivity index (χ1n) is 7.36. The lowest BCUT2D eigenvalue weighted by Gasteiger charge is -2.17. The molecule has 1 atom stereocenters. The fourth-order valence-electron chi connectivity index (χ4n) is 2.98. The average Bonchev–Trinajstić information content (AvgIpc) is 2.85. The Morgan fingerprint density at radius 3 is 2.14 bits per heavy atom. The van der Waals surface area contributed by atoms with Crippen molar-refractivity contribution >= 4 is 5.97 Å². The molecule has 2 aromatic rings. The monoisotopic (exact) mass is 298 g/mol. The minimum absolute atomic E-state index is 0.0758. The number of aliphatic hydroxyl groups is 1. The van der Waals surface area contributed by atoms with Gasteiger partial charge in [0, 0.05) is 12.3 Å². The van der Waals surface area contributed by atoms with E-state index in [1.54, 1.807) is 0 Å². The highest BCUT2D eigenvalue weighted by Crippen LogP contribution is 2.44. The van der Waals surface area contributed by atoms with E-state index in [1.165, 1.54) is 22.3 Å². The molecule has 1 aliphatic rings. The van der Waals surface area contributed by atoms with Crippen LogP contribution in [0.5, 0.6) is 0 Å². The van der Waals surface area contributed by atoms with Gasteiger partial charge in [0.1, 0.15) is 0 Å². The zero-order valence-corrected chi connectivity index (χ0v) is 12.1. The van der Waals surface area contributed by atoms with Crippen LogP contribution in [0.1, 0.15) is 29.9 Å². The van der Waals surface area contributed by atoms with Crippen LogP contribution in [0.3, 0.4) is 0 Å². The molecule has 3 rings (SSSR count). The topological polar surface area (TPSA) is 66.8 Å². The number of carbonyl (C=O) groups is 1. The number of hydrogen-bond donors (Lipinski definition) is 2. The second-order valence-electron chi connectivity index (χ2n) is 5.45. The summed E-state index contributed by atoms with van der Waals surface area (Å²) in [6.45, 7) is 0.342. The van der Waals surface area contributed by atoms with E-state index >= 15 is 0 Å². The van der Waals surface area contributed by atoms with E-state index in [0.717, 1.165) is 0 Å². The van der Waals surface area contributed by atoms with Crippen molar-refractivity contribution in [1.29, 1.82) is 0 Å². The molecular formula is C18H18O4. The number of aliphatic hydroxyl groups excluding tert-OH is 1. The number of hydrogen-bond acceptors (Lipinski definition) is 3. The summed E-state index contributed by atoms with van der Waals surface area (Å²) in [6.07, 6.45) is -1.04. The number of carboxylic acids is 1. The Hall–Kier alpha value is -2.17. The van der Waals surface area contributed by atoms with E-state index in [2.05, 4.69) is 24.3 Å². The highest BCUT2D eigenvalue weighted by molar-refractivity contribution is 5.78. The van der Waals surface area contributed by atoms with Crippen LogP contribution in [0.4, 0.5) is 0 Å². The first-order chi connectivity index (χ1) is 10.7. The third kappa shape index (κ3) is 2.89. The van der Waals surface area contributed by atoms with Gasteiger partial charge in [-0.2, -0.15) is 0 Å². The normalized spacial score (nSPS) is 14.4. The molecule has 114 valence electrons. The van der Waals surface area contributed by atoms with Crippen molar-refractivity contribution in [2.45, 2.75) is 25.0 Å². The molecule has 0 saturated heterocycles. The van der Waals surface area contributed by atoms with Crippen molar-refractivity contribution in [3.05, 3.63) is 59.7 Å². The zero-order valence-electron chi connectivity index (χ0n) is 12.1. The van der Waals surface area contributed by atoms with Gasteiger partial charge in [0.05, 0.1) is 13.0 Å². The molecule has 0 saturated carbocycles. The predicted octanol–water partition coefficient (Wildman–Crippen LogP) is 3.00. The molecule has 0 amide bonds. The van der Waals surface area contributed by atoms with Crippen molar-refractivity contribution in [1.82, 2.24) is 0 Å². The van der Waals surface area contributed by atoms with Gasteiger partial charge in [-0.05, 0) is 22.3 Å². The van der Waals surface area contributed by atoms with Crippen molar-refractivity contribution in [3.8, 4) is 11.1 Å². The second-order valence-corrected chi connectivity index (χ2v) is 5.45. The Kier molecular flexibility index (Phi) is 4.22. The smallest absolute Gasteiger partial charge is 0.303 e. The maximum Gasteiger partial charge on any atom is 0.303 e. The SMILES string of the molecule is O=C(O)CCC(O)OCC1c2ccccc2-c2ccccc21. The minimum Gasteiger partial charge on any atom is -0.481 e. The second kappa shape index (κ2) is 6.30. The number of rotatable bonds is 6. The maximum absolute atomic E-state index is 10.5. The molecule has 0 fully saturated rings. The summed E-state index contributed by atoms with van der Waals surface area (Å²) in [4.78, 5) is 10.5. The maximum atomic E-state index is 10.5. The Bertz CT molecular complexity index is 635. The minimum atomic E-state index is -1.05. The molecule has 0 heterocycles. The Morgan fingerprint density at radius 2 is 1.59 bits per heavy atom. The Labute approximate surface area is 129 Å². The third-order valence-electron chi connectivity index (χ3n) is 4.02. The predicted molar refractivity (Wildman–Crippen MR) is 82.5 cm³/mol. The summed E-state index contributed by atoms with van der Waals surface area (Å²) in [5.41, 5.74) is 4.78. The van der Waals surface area contributed by atoms with Crippen molar-refractivity contribution in [2.24, 2.45) is 0 Å². The summed E-state index contributed by atoms with van der Waals surface area (Å²) >= 11 is 0. The lowest BCUT2D eigenvalue weighted by molar-refractivity contribution is -0.142. The van der Waals surface area contributed by atoms with Gasteiger partial charge in [0.25, 0.3) is 0 Å². The van der Waals surface area contributed by atoms with E-state index in [9.17, 15) is 9.90 Å². The van der Waals surface area contributed by atoms with Crippen LogP contribution >= 0.6 is 0 Å². The van der Waals surface area contributed by atoms with Crippen LogP contribution in [0.25, 0.3) is 11.1 Å². The van der Waals surface area contributed by atoms with E-state index in [1.807, 2.05) is 24.3 Å². The van der Waals surface area contributed by atoms with Crippen LogP contribution < -0.4 is 0 Å². The fourth-order valence-corrected chi connectivity index (χ4v) is 2.98. The molecule has 1 aliphatic carbocycles. The number of aliphatic carboxylic acids is 1. The van der Waals surface area contributed by atoms with E-state index in [-0.39, 0.29) is 18.8 Å². The van der Waals surface area contributed by atoms with Crippen LogP contribution in [-0.2, 0) is 9.53 Å².